The third-order valence-electron chi connectivity index (χ3n) is 8.20. The number of methoxy groups -OCH3 is 1. The second-order valence-corrected chi connectivity index (χ2v) is 10.8. The van der Waals surface area contributed by atoms with Gasteiger partial charge in [0, 0.05) is 31.4 Å². The van der Waals surface area contributed by atoms with Crippen LogP contribution in [0.2, 0.25) is 0 Å². The lowest BCUT2D eigenvalue weighted by Crippen LogP contribution is -2.56. The van der Waals surface area contributed by atoms with Gasteiger partial charge in [-0.25, -0.2) is 9.18 Å². The number of hydrogen-bond donors (Lipinski definition) is 4. The number of imide groups is 1. The smallest absolute Gasteiger partial charge is 0.323 e. The summed E-state index contributed by atoms with van der Waals surface area (Å²) in [5, 5.41) is 18.6. The Morgan fingerprint density at radius 2 is 1.79 bits per heavy atom. The van der Waals surface area contributed by atoms with Crippen LogP contribution in [-0.2, 0) is 20.9 Å². The van der Waals surface area contributed by atoms with Gasteiger partial charge in [0.05, 0.1) is 32.5 Å². The molecule has 2 fully saturated rings. The van der Waals surface area contributed by atoms with Crippen LogP contribution in [0.1, 0.15) is 16.7 Å². The third-order valence-corrected chi connectivity index (χ3v) is 8.20. The highest BCUT2D eigenvalue weighted by atomic mass is 19.1. The number of benzene rings is 3. The lowest BCUT2D eigenvalue weighted by atomic mass is 9.90. The molecule has 2 aliphatic heterocycles. The number of carbonyl (C=O) groups excluding carboxylic acids is 3. The summed E-state index contributed by atoms with van der Waals surface area (Å²) in [6.07, 6.45) is -0.645. The zero-order valence-corrected chi connectivity index (χ0v) is 24.5. The summed E-state index contributed by atoms with van der Waals surface area (Å²) < 4.78 is 26.3. The van der Waals surface area contributed by atoms with Gasteiger partial charge in [-0.15, -0.1) is 0 Å². The molecule has 0 radical (unpaired) electrons. The first-order chi connectivity index (χ1) is 20.6. The van der Waals surface area contributed by atoms with Crippen LogP contribution in [0.3, 0.4) is 0 Å². The van der Waals surface area contributed by atoms with E-state index in [4.69, 9.17) is 9.47 Å². The molecule has 43 heavy (non-hydrogen) atoms. The zero-order valence-electron chi connectivity index (χ0n) is 24.5. The number of nitrogens with one attached hydrogen (secondary N) is 3. The maximum absolute atomic E-state index is 15.5. The minimum atomic E-state index is -1.03. The van der Waals surface area contributed by atoms with E-state index in [2.05, 4.69) is 16.0 Å². The minimum Gasteiger partial charge on any atom is -0.496 e. The number of amides is 4. The summed E-state index contributed by atoms with van der Waals surface area (Å²) in [6.45, 7) is 4.54. The van der Waals surface area contributed by atoms with Crippen LogP contribution >= 0.6 is 0 Å². The minimum absolute atomic E-state index is 0.0699. The molecule has 0 spiro atoms. The Morgan fingerprint density at radius 3 is 2.49 bits per heavy atom. The van der Waals surface area contributed by atoms with Crippen molar-refractivity contribution in [3.05, 3.63) is 71.0 Å². The highest BCUT2D eigenvalue weighted by molar-refractivity contribution is 6.12. The highest BCUT2D eigenvalue weighted by Gasteiger charge is 2.36. The monoisotopic (exact) mass is 590 g/mol. The first-order valence-electron chi connectivity index (χ1n) is 14.0. The van der Waals surface area contributed by atoms with Crippen molar-refractivity contribution < 1.29 is 33.4 Å². The topological polar surface area (TPSA) is 129 Å². The van der Waals surface area contributed by atoms with Gasteiger partial charge < -0.3 is 30.5 Å². The molecule has 3 aromatic carbocycles. The Hall–Kier alpha value is -4.32. The van der Waals surface area contributed by atoms with Crippen LogP contribution in [0, 0.1) is 25.6 Å². The number of halogens is 1. The SMILES string of the molecule is COc1cc(-c2cccc(-c3cccc(NC(=O)C4CNC(=O)N(C)C4=O)c3C)c2C)cc(F)c1CN[C@H]1COC[C@@H]1O. The number of rotatable bonds is 8. The molecule has 4 N–H and O–H groups in total. The molecule has 1 unspecified atom stereocenters. The van der Waals surface area contributed by atoms with Gasteiger partial charge in [0.15, 0.2) is 0 Å². The summed E-state index contributed by atoms with van der Waals surface area (Å²) in [7, 11) is 2.83. The fourth-order valence-electron chi connectivity index (χ4n) is 5.55. The first-order valence-corrected chi connectivity index (χ1v) is 14.0. The van der Waals surface area contributed by atoms with Gasteiger partial charge in [-0.2, -0.15) is 0 Å². The molecule has 10 nitrogen and oxygen atoms in total. The van der Waals surface area contributed by atoms with Gasteiger partial charge in [0.1, 0.15) is 17.5 Å². The average Bonchev–Trinajstić information content (AvgIpc) is 3.40. The van der Waals surface area contributed by atoms with Crippen LogP contribution in [0.5, 0.6) is 5.75 Å². The number of hydrogen-bond acceptors (Lipinski definition) is 7. The van der Waals surface area contributed by atoms with Gasteiger partial charge in [0.2, 0.25) is 11.8 Å². The molecule has 2 heterocycles. The number of ether oxygens (including phenoxy) is 2. The summed E-state index contributed by atoms with van der Waals surface area (Å²) in [4.78, 5) is 38.2. The molecule has 2 saturated heterocycles. The van der Waals surface area contributed by atoms with E-state index in [0.717, 1.165) is 32.7 Å². The quantitative estimate of drug-likeness (QED) is 0.296. The number of urea groups is 1. The van der Waals surface area contributed by atoms with Crippen molar-refractivity contribution in [1.82, 2.24) is 15.5 Å². The molecular weight excluding hydrogens is 555 g/mol. The first kappa shape index (κ1) is 30.1. The average molecular weight is 591 g/mol. The predicted molar refractivity (Wildman–Crippen MR) is 159 cm³/mol. The molecule has 0 saturated carbocycles. The van der Waals surface area contributed by atoms with E-state index in [-0.39, 0.29) is 25.7 Å². The normalized spacial score (nSPS) is 20.2. The van der Waals surface area contributed by atoms with Crippen molar-refractivity contribution in [3.63, 3.8) is 0 Å². The molecule has 0 bridgehead atoms. The van der Waals surface area contributed by atoms with Crippen LogP contribution in [0.4, 0.5) is 14.9 Å². The molecule has 226 valence electrons. The summed E-state index contributed by atoms with van der Waals surface area (Å²) in [6, 6.07) is 13.7. The van der Waals surface area contributed by atoms with Crippen molar-refractivity contribution in [2.75, 3.05) is 39.2 Å². The summed E-state index contributed by atoms with van der Waals surface area (Å²) >= 11 is 0. The number of anilines is 1. The van der Waals surface area contributed by atoms with E-state index in [1.165, 1.54) is 20.2 Å². The number of aliphatic hydroxyl groups is 1. The third kappa shape index (κ3) is 5.96. The van der Waals surface area contributed by atoms with Crippen LogP contribution in [0.15, 0.2) is 48.5 Å². The largest absolute Gasteiger partial charge is 0.496 e. The lowest BCUT2D eigenvalue weighted by molar-refractivity contribution is -0.138. The Kier molecular flexibility index (Phi) is 8.77. The van der Waals surface area contributed by atoms with Crippen molar-refractivity contribution in [2.45, 2.75) is 32.5 Å². The maximum atomic E-state index is 15.5. The van der Waals surface area contributed by atoms with Gasteiger partial charge in [-0.3, -0.25) is 14.5 Å². The maximum Gasteiger partial charge on any atom is 0.323 e. The number of nitrogens with zero attached hydrogens (tertiary/aromatic N) is 1. The van der Waals surface area contributed by atoms with Crippen LogP contribution < -0.4 is 20.7 Å². The van der Waals surface area contributed by atoms with Crippen LogP contribution in [-0.4, -0.2) is 73.9 Å². The second kappa shape index (κ2) is 12.5. The molecule has 0 aromatic heterocycles. The highest BCUT2D eigenvalue weighted by Crippen LogP contribution is 2.38. The van der Waals surface area contributed by atoms with E-state index in [1.807, 2.05) is 44.2 Å². The molecule has 5 rings (SSSR count). The molecular formula is C32H35FN4O6. The Bertz CT molecular complexity index is 1580. The fourth-order valence-corrected chi connectivity index (χ4v) is 5.55. The second-order valence-electron chi connectivity index (χ2n) is 10.8. The molecule has 3 aromatic rings. The fraction of sp³-hybridized carbons (Fsp3) is 0.344. The van der Waals surface area contributed by atoms with Crippen molar-refractivity contribution in [2.24, 2.45) is 5.92 Å². The number of carbonyl (C=O) groups is 3. The lowest BCUT2D eigenvalue weighted by Gasteiger charge is -2.28. The Morgan fingerprint density at radius 1 is 1.09 bits per heavy atom. The standard InChI is InChI=1S/C32H35FN4O6/c1-17-20(19-11-25(33)23(29(12-19)42-4)13-34-27-15-43-16-28(27)38)7-5-8-21(17)22-9-6-10-26(18(22)2)36-30(39)24-14-35-32(41)37(3)31(24)40/h5-12,24,27-28,34,38H,13-16H2,1-4H3,(H,35,41)(H,36,39)/t24?,27-,28-/m0/s1. The molecule has 4 amide bonds. The van der Waals surface area contributed by atoms with E-state index < -0.39 is 35.7 Å². The Labute approximate surface area is 249 Å². The molecule has 3 atom stereocenters. The predicted octanol–water partition coefficient (Wildman–Crippen LogP) is 3.37. The van der Waals surface area contributed by atoms with E-state index in [0.29, 0.717) is 29.2 Å². The van der Waals surface area contributed by atoms with E-state index >= 15 is 4.39 Å². The summed E-state index contributed by atoms with van der Waals surface area (Å²) in [5.74, 6) is -2.14. The van der Waals surface area contributed by atoms with Crippen LogP contribution in [0.25, 0.3) is 22.3 Å². The van der Waals surface area contributed by atoms with Gasteiger partial charge in [-0.05, 0) is 65.4 Å². The van der Waals surface area contributed by atoms with E-state index in [1.54, 1.807) is 12.1 Å². The summed E-state index contributed by atoms with van der Waals surface area (Å²) in [5.41, 5.74) is 5.82. The molecule has 11 heteroatoms. The molecule has 0 aliphatic carbocycles. The van der Waals surface area contributed by atoms with E-state index in [9.17, 15) is 19.5 Å². The zero-order chi connectivity index (χ0) is 30.8. The van der Waals surface area contributed by atoms with Crippen molar-refractivity contribution >= 4 is 23.5 Å². The van der Waals surface area contributed by atoms with Gasteiger partial charge in [0.25, 0.3) is 0 Å². The molecule has 2 aliphatic rings. The van der Waals surface area contributed by atoms with Gasteiger partial charge >= 0.3 is 6.03 Å². The van der Waals surface area contributed by atoms with Crippen molar-refractivity contribution in [3.8, 4) is 28.0 Å². The van der Waals surface area contributed by atoms with Crippen molar-refractivity contribution in [1.29, 1.82) is 0 Å². The Balaban J connectivity index is 1.41. The number of aliphatic hydroxyl groups excluding tert-OH is 1. The van der Waals surface area contributed by atoms with Gasteiger partial charge in [-0.1, -0.05) is 30.3 Å².